The van der Waals surface area contributed by atoms with Crippen molar-refractivity contribution in [3.8, 4) is 0 Å². The molecule has 3 amide bonds. The average Bonchev–Trinajstić information content (AvgIpc) is 2.66. The van der Waals surface area contributed by atoms with Crippen molar-refractivity contribution in [1.82, 2.24) is 16.0 Å². The zero-order valence-corrected chi connectivity index (χ0v) is 17.9. The summed E-state index contributed by atoms with van der Waals surface area (Å²) < 4.78 is 0. The van der Waals surface area contributed by atoms with Gasteiger partial charge in [-0.05, 0) is 12.3 Å². The van der Waals surface area contributed by atoms with Gasteiger partial charge in [-0.1, -0.05) is 13.8 Å². The molecule has 0 fully saturated rings. The largest absolute Gasteiger partial charge is 0.481 e. The average molecular weight is 464 g/mol. The summed E-state index contributed by atoms with van der Waals surface area (Å²) in [7, 11) is 0. The van der Waals surface area contributed by atoms with E-state index in [2.05, 4.69) is 23.3 Å². The van der Waals surface area contributed by atoms with E-state index in [-0.39, 0.29) is 12.2 Å². The smallest absolute Gasteiger partial charge is 0.326 e. The number of rotatable bonds is 14. The third-order valence-corrected chi connectivity index (χ3v) is 4.45. The van der Waals surface area contributed by atoms with Crippen LogP contribution in [0.15, 0.2) is 0 Å². The van der Waals surface area contributed by atoms with E-state index in [9.17, 15) is 28.8 Å². The highest BCUT2D eigenvalue weighted by Crippen LogP contribution is 2.07. The molecule has 0 rings (SSSR count). The van der Waals surface area contributed by atoms with Gasteiger partial charge in [0.2, 0.25) is 17.7 Å². The van der Waals surface area contributed by atoms with E-state index < -0.39 is 78.6 Å². The summed E-state index contributed by atoms with van der Waals surface area (Å²) >= 11 is 3.87. The van der Waals surface area contributed by atoms with Crippen molar-refractivity contribution in [2.24, 2.45) is 11.7 Å². The van der Waals surface area contributed by atoms with E-state index in [4.69, 9.17) is 21.1 Å². The number of carbonyl (C=O) groups excluding carboxylic acids is 3. The summed E-state index contributed by atoms with van der Waals surface area (Å²) in [6, 6.07) is -5.40. The van der Waals surface area contributed by atoms with E-state index in [0.29, 0.717) is 0 Å². The minimum Gasteiger partial charge on any atom is -0.481 e. The number of hydrogen-bond donors (Lipinski definition) is 8. The Labute approximate surface area is 183 Å². The number of amides is 3. The Balaban J connectivity index is 5.45. The molecule has 31 heavy (non-hydrogen) atoms. The fourth-order valence-corrected chi connectivity index (χ4v) is 2.49. The molecule has 0 aliphatic rings. The summed E-state index contributed by atoms with van der Waals surface area (Å²) in [6.45, 7) is 3.08. The molecule has 0 bridgehead atoms. The van der Waals surface area contributed by atoms with E-state index >= 15 is 0 Å². The Morgan fingerprint density at radius 2 is 1.39 bits per heavy atom. The van der Waals surface area contributed by atoms with Gasteiger partial charge < -0.3 is 37.0 Å². The maximum Gasteiger partial charge on any atom is 0.326 e. The SMILES string of the molecule is CC(C)C(NC(=O)C(CCC(=O)O)NC(=O)C(N)CS)C(=O)NC(CC(=O)O)C(=O)O. The Morgan fingerprint density at radius 3 is 1.81 bits per heavy atom. The van der Waals surface area contributed by atoms with E-state index in [1.165, 1.54) is 0 Å². The molecule has 0 aromatic carbocycles. The van der Waals surface area contributed by atoms with Crippen molar-refractivity contribution >= 4 is 48.3 Å². The van der Waals surface area contributed by atoms with Gasteiger partial charge in [-0.3, -0.25) is 24.0 Å². The van der Waals surface area contributed by atoms with Crippen LogP contribution in [0.4, 0.5) is 0 Å². The van der Waals surface area contributed by atoms with Crippen LogP contribution < -0.4 is 21.7 Å². The molecular weight excluding hydrogens is 436 g/mol. The van der Waals surface area contributed by atoms with Crippen LogP contribution >= 0.6 is 12.6 Å². The van der Waals surface area contributed by atoms with E-state index in [0.717, 1.165) is 0 Å². The Hall–Kier alpha value is -2.87. The molecule has 0 saturated carbocycles. The summed E-state index contributed by atoms with van der Waals surface area (Å²) in [6.07, 6.45) is -1.64. The van der Waals surface area contributed by atoms with Crippen molar-refractivity contribution in [1.29, 1.82) is 0 Å². The van der Waals surface area contributed by atoms with Gasteiger partial charge >= 0.3 is 17.9 Å². The zero-order valence-electron chi connectivity index (χ0n) is 17.0. The Kier molecular flexibility index (Phi) is 12.2. The number of nitrogens with two attached hydrogens (primary N) is 1. The predicted molar refractivity (Wildman–Crippen MR) is 109 cm³/mol. The molecule has 4 atom stereocenters. The molecule has 4 unspecified atom stereocenters. The minimum atomic E-state index is -1.72. The van der Waals surface area contributed by atoms with Gasteiger partial charge in [-0.25, -0.2) is 4.79 Å². The molecule has 0 radical (unpaired) electrons. The molecule has 0 saturated heterocycles. The summed E-state index contributed by atoms with van der Waals surface area (Å²) in [4.78, 5) is 70.0. The fourth-order valence-electron chi connectivity index (χ4n) is 2.32. The minimum absolute atomic E-state index is 0.0315. The molecule has 0 aliphatic heterocycles. The van der Waals surface area contributed by atoms with Crippen LogP contribution in [0.5, 0.6) is 0 Å². The molecular formula is C17H28N4O9S. The molecule has 176 valence electrons. The third-order valence-electron chi connectivity index (χ3n) is 4.05. The van der Waals surface area contributed by atoms with E-state index in [1.807, 2.05) is 5.32 Å². The highest BCUT2D eigenvalue weighted by atomic mass is 32.1. The second kappa shape index (κ2) is 13.4. The summed E-state index contributed by atoms with van der Waals surface area (Å²) in [5.74, 6) is -7.42. The first kappa shape index (κ1) is 28.1. The Bertz CT molecular complexity index is 701. The van der Waals surface area contributed by atoms with Crippen molar-refractivity contribution in [3.63, 3.8) is 0 Å². The Morgan fingerprint density at radius 1 is 0.839 bits per heavy atom. The standard InChI is InChI=1S/C17H28N4O9S/c1-7(2)13(16(28)20-10(17(29)30)5-12(24)25)21-15(27)9(3-4-11(22)23)19-14(26)8(18)6-31/h7-10,13,31H,3-6,18H2,1-2H3,(H,19,26)(H,20,28)(H,21,27)(H,22,23)(H,24,25)(H,29,30). The van der Waals surface area contributed by atoms with Crippen molar-refractivity contribution in [2.45, 2.75) is 57.3 Å². The van der Waals surface area contributed by atoms with Gasteiger partial charge in [0.1, 0.15) is 18.1 Å². The quantitative estimate of drug-likeness (QED) is 0.129. The molecule has 13 nitrogen and oxygen atoms in total. The monoisotopic (exact) mass is 464 g/mol. The lowest BCUT2D eigenvalue weighted by atomic mass is 10.0. The van der Waals surface area contributed by atoms with Gasteiger partial charge in [0.15, 0.2) is 0 Å². The van der Waals surface area contributed by atoms with Gasteiger partial charge in [-0.15, -0.1) is 0 Å². The topological polar surface area (TPSA) is 225 Å². The molecule has 8 N–H and O–H groups in total. The van der Waals surface area contributed by atoms with Crippen LogP contribution in [0.2, 0.25) is 0 Å². The number of aliphatic carboxylic acids is 3. The molecule has 14 heteroatoms. The van der Waals surface area contributed by atoms with Gasteiger partial charge in [0, 0.05) is 12.2 Å². The number of nitrogens with one attached hydrogen (secondary N) is 3. The first-order valence-corrected chi connectivity index (χ1v) is 9.87. The highest BCUT2D eigenvalue weighted by molar-refractivity contribution is 7.80. The van der Waals surface area contributed by atoms with Crippen LogP contribution in [-0.4, -0.2) is 80.9 Å². The maximum atomic E-state index is 12.6. The first-order chi connectivity index (χ1) is 14.3. The number of thiol groups is 1. The second-order valence-electron chi connectivity index (χ2n) is 7.01. The van der Waals surface area contributed by atoms with Crippen LogP contribution in [0.3, 0.4) is 0 Å². The fraction of sp³-hybridized carbons (Fsp3) is 0.647. The molecule has 0 aromatic heterocycles. The molecule has 0 aromatic rings. The number of carboxylic acid groups (broad SMARTS) is 3. The molecule has 0 aliphatic carbocycles. The van der Waals surface area contributed by atoms with E-state index in [1.54, 1.807) is 13.8 Å². The highest BCUT2D eigenvalue weighted by Gasteiger charge is 2.32. The molecule has 0 spiro atoms. The third kappa shape index (κ3) is 10.6. The van der Waals surface area contributed by atoms with Crippen molar-refractivity contribution in [3.05, 3.63) is 0 Å². The van der Waals surface area contributed by atoms with Gasteiger partial charge in [-0.2, -0.15) is 12.6 Å². The van der Waals surface area contributed by atoms with Crippen molar-refractivity contribution in [2.75, 3.05) is 5.75 Å². The van der Waals surface area contributed by atoms with Crippen LogP contribution in [0, 0.1) is 5.92 Å². The zero-order chi connectivity index (χ0) is 24.3. The van der Waals surface area contributed by atoms with Gasteiger partial charge in [0.05, 0.1) is 12.5 Å². The van der Waals surface area contributed by atoms with Gasteiger partial charge in [0.25, 0.3) is 0 Å². The van der Waals surface area contributed by atoms with Crippen molar-refractivity contribution < 1.29 is 44.1 Å². The van der Waals surface area contributed by atoms with Crippen LogP contribution in [0.1, 0.15) is 33.1 Å². The second-order valence-corrected chi connectivity index (χ2v) is 7.38. The maximum absolute atomic E-state index is 12.6. The lowest BCUT2D eigenvalue weighted by Gasteiger charge is -2.26. The lowest BCUT2D eigenvalue weighted by molar-refractivity contribution is -0.147. The first-order valence-electron chi connectivity index (χ1n) is 9.24. The molecule has 0 heterocycles. The van der Waals surface area contributed by atoms with Crippen LogP contribution in [0.25, 0.3) is 0 Å². The predicted octanol–water partition coefficient (Wildman–Crippen LogP) is -2.22. The number of hydrogen-bond acceptors (Lipinski definition) is 8. The number of carboxylic acids is 3. The summed E-state index contributed by atoms with van der Waals surface area (Å²) in [5, 5.41) is 33.4. The normalized spacial score (nSPS) is 14.6. The number of carbonyl (C=O) groups is 6. The lowest BCUT2D eigenvalue weighted by Crippen LogP contribution is -2.58. The van der Waals surface area contributed by atoms with Crippen LogP contribution in [-0.2, 0) is 28.8 Å². The summed E-state index contributed by atoms with van der Waals surface area (Å²) in [5.41, 5.74) is 5.54.